The van der Waals surface area contributed by atoms with Crippen molar-refractivity contribution in [2.75, 3.05) is 24.7 Å². The van der Waals surface area contributed by atoms with E-state index in [9.17, 15) is 16.8 Å². The molecule has 2 heterocycles. The molecule has 2 aliphatic heterocycles. The van der Waals surface area contributed by atoms with E-state index in [1.165, 1.54) is 4.31 Å². The highest BCUT2D eigenvalue weighted by molar-refractivity contribution is 7.92. The van der Waals surface area contributed by atoms with E-state index in [0.29, 0.717) is 18.6 Å². The van der Waals surface area contributed by atoms with E-state index in [4.69, 9.17) is 4.74 Å². The second-order valence-electron chi connectivity index (χ2n) is 7.04. The molecule has 25 heavy (non-hydrogen) atoms. The molecule has 0 spiro atoms. The molecule has 0 saturated carbocycles. The van der Waals surface area contributed by atoms with Crippen molar-refractivity contribution in [1.82, 2.24) is 4.31 Å². The highest BCUT2D eigenvalue weighted by Crippen LogP contribution is 2.29. The number of ether oxygens (including phenoxy) is 1. The van der Waals surface area contributed by atoms with Gasteiger partial charge >= 0.3 is 0 Å². The van der Waals surface area contributed by atoms with Crippen LogP contribution in [0.5, 0.6) is 0 Å². The van der Waals surface area contributed by atoms with E-state index < -0.39 is 25.9 Å². The van der Waals surface area contributed by atoms with Crippen molar-refractivity contribution < 1.29 is 21.6 Å². The zero-order valence-electron chi connectivity index (χ0n) is 14.6. The number of aryl methyl sites for hydroxylation is 2. The largest absolute Gasteiger partial charge is 0.377 e. The molecule has 140 valence electrons. The third-order valence-corrected chi connectivity index (χ3v) is 8.76. The van der Waals surface area contributed by atoms with Crippen LogP contribution in [-0.2, 0) is 24.6 Å². The quantitative estimate of drug-likeness (QED) is 0.768. The Kier molecular flexibility index (Phi) is 5.26. The van der Waals surface area contributed by atoms with E-state index in [2.05, 4.69) is 0 Å². The van der Waals surface area contributed by atoms with Crippen LogP contribution in [0.4, 0.5) is 0 Å². The Labute approximate surface area is 150 Å². The third-order valence-electron chi connectivity index (χ3n) is 4.95. The van der Waals surface area contributed by atoms with Gasteiger partial charge in [0.05, 0.1) is 22.5 Å². The van der Waals surface area contributed by atoms with Crippen molar-refractivity contribution in [2.24, 2.45) is 0 Å². The van der Waals surface area contributed by atoms with E-state index >= 15 is 0 Å². The predicted octanol–water partition coefficient (Wildman–Crippen LogP) is 1.66. The van der Waals surface area contributed by atoms with Crippen molar-refractivity contribution in [2.45, 2.75) is 50.2 Å². The van der Waals surface area contributed by atoms with Gasteiger partial charge in [0.25, 0.3) is 0 Å². The first kappa shape index (κ1) is 18.8. The van der Waals surface area contributed by atoms with Gasteiger partial charge in [-0.25, -0.2) is 16.8 Å². The van der Waals surface area contributed by atoms with Crippen LogP contribution in [0.15, 0.2) is 23.1 Å². The van der Waals surface area contributed by atoms with Gasteiger partial charge in [0.2, 0.25) is 10.0 Å². The zero-order chi connectivity index (χ0) is 18.2. The molecule has 0 unspecified atom stereocenters. The smallest absolute Gasteiger partial charge is 0.243 e. The molecule has 0 aliphatic carbocycles. The summed E-state index contributed by atoms with van der Waals surface area (Å²) in [6.07, 6.45) is 1.89. The van der Waals surface area contributed by atoms with Crippen molar-refractivity contribution in [1.29, 1.82) is 0 Å². The minimum atomic E-state index is -3.79. The number of sulfonamides is 1. The Balaban J connectivity index is 1.98. The normalized spacial score (nSPS) is 26.4. The van der Waals surface area contributed by atoms with Gasteiger partial charge in [0, 0.05) is 19.2 Å². The van der Waals surface area contributed by atoms with Gasteiger partial charge in [-0.05, 0) is 50.3 Å². The molecule has 0 aromatic heterocycles. The molecule has 3 rings (SSSR count). The summed E-state index contributed by atoms with van der Waals surface area (Å²) in [6, 6.07) is 4.81. The third kappa shape index (κ3) is 4.07. The van der Waals surface area contributed by atoms with Crippen LogP contribution < -0.4 is 0 Å². The SMILES string of the molecule is Cc1ccc(C)c(S(=O)(=O)N(C[C@H]2CCCO2)[C@H]2CCS(=O)(=O)C2)c1. The average molecular weight is 388 g/mol. The fourth-order valence-electron chi connectivity index (χ4n) is 3.55. The first-order chi connectivity index (χ1) is 11.7. The summed E-state index contributed by atoms with van der Waals surface area (Å²) in [7, 11) is -6.97. The van der Waals surface area contributed by atoms with Gasteiger partial charge in [0.1, 0.15) is 0 Å². The monoisotopic (exact) mass is 387 g/mol. The van der Waals surface area contributed by atoms with Crippen LogP contribution in [0.1, 0.15) is 30.4 Å². The summed E-state index contributed by atoms with van der Waals surface area (Å²) in [5.74, 6) is -0.0637. The summed E-state index contributed by atoms with van der Waals surface area (Å²) in [5, 5.41) is 0. The lowest BCUT2D eigenvalue weighted by atomic mass is 10.2. The van der Waals surface area contributed by atoms with Crippen molar-refractivity contribution in [3.05, 3.63) is 29.3 Å². The summed E-state index contributed by atoms with van der Waals surface area (Å²) in [4.78, 5) is 0.259. The minimum absolute atomic E-state index is 0.0437. The molecule has 0 N–H and O–H groups in total. The highest BCUT2D eigenvalue weighted by Gasteiger charge is 2.40. The molecular weight excluding hydrogens is 362 g/mol. The molecule has 1 aromatic rings. The van der Waals surface area contributed by atoms with E-state index in [-0.39, 0.29) is 29.0 Å². The summed E-state index contributed by atoms with van der Waals surface area (Å²) in [5.41, 5.74) is 1.53. The molecule has 2 atom stereocenters. The lowest BCUT2D eigenvalue weighted by Crippen LogP contribution is -2.45. The summed E-state index contributed by atoms with van der Waals surface area (Å²) < 4.78 is 57.6. The first-order valence-electron chi connectivity index (χ1n) is 8.60. The fourth-order valence-corrected chi connectivity index (χ4v) is 7.37. The number of hydrogen-bond donors (Lipinski definition) is 0. The Morgan fingerprint density at radius 1 is 1.24 bits per heavy atom. The lowest BCUT2D eigenvalue weighted by molar-refractivity contribution is 0.0877. The maximum absolute atomic E-state index is 13.4. The van der Waals surface area contributed by atoms with Gasteiger partial charge in [-0.2, -0.15) is 4.31 Å². The number of rotatable bonds is 5. The Hall–Kier alpha value is -0.960. The molecule has 0 amide bonds. The zero-order valence-corrected chi connectivity index (χ0v) is 16.3. The second-order valence-corrected chi connectivity index (χ2v) is 11.1. The van der Waals surface area contributed by atoms with Crippen LogP contribution in [-0.4, -0.2) is 57.9 Å². The molecule has 2 saturated heterocycles. The van der Waals surface area contributed by atoms with Crippen LogP contribution in [0.2, 0.25) is 0 Å². The Bertz CT molecular complexity index is 842. The Morgan fingerprint density at radius 3 is 2.60 bits per heavy atom. The molecule has 0 bridgehead atoms. The Morgan fingerprint density at radius 2 is 2.00 bits per heavy atom. The number of hydrogen-bond acceptors (Lipinski definition) is 5. The molecule has 0 radical (unpaired) electrons. The minimum Gasteiger partial charge on any atom is -0.377 e. The van der Waals surface area contributed by atoms with E-state index in [0.717, 1.165) is 18.4 Å². The van der Waals surface area contributed by atoms with Gasteiger partial charge in [-0.15, -0.1) is 0 Å². The lowest BCUT2D eigenvalue weighted by Gasteiger charge is -2.30. The van der Waals surface area contributed by atoms with Crippen LogP contribution in [0, 0.1) is 13.8 Å². The van der Waals surface area contributed by atoms with E-state index in [1.807, 2.05) is 13.0 Å². The molecule has 2 aliphatic rings. The summed E-state index contributed by atoms with van der Waals surface area (Å²) in [6.45, 7) is 4.46. The van der Waals surface area contributed by atoms with Crippen LogP contribution in [0.3, 0.4) is 0 Å². The van der Waals surface area contributed by atoms with Crippen molar-refractivity contribution in [3.8, 4) is 0 Å². The average Bonchev–Trinajstić information content (AvgIpc) is 3.16. The maximum atomic E-state index is 13.4. The standard InChI is InChI=1S/C17H25NO5S2/c1-13-5-6-14(2)17(10-13)25(21,22)18(11-16-4-3-8-23-16)15-7-9-24(19,20)12-15/h5-6,10,15-16H,3-4,7-9,11-12H2,1-2H3/t15-,16+/m0/s1. The van der Waals surface area contributed by atoms with Gasteiger partial charge < -0.3 is 4.74 Å². The predicted molar refractivity (Wildman–Crippen MR) is 95.8 cm³/mol. The number of nitrogens with zero attached hydrogens (tertiary/aromatic N) is 1. The molecular formula is C17H25NO5S2. The van der Waals surface area contributed by atoms with Gasteiger partial charge in [0.15, 0.2) is 9.84 Å². The second kappa shape index (κ2) is 6.98. The first-order valence-corrected chi connectivity index (χ1v) is 11.9. The highest BCUT2D eigenvalue weighted by atomic mass is 32.2. The summed E-state index contributed by atoms with van der Waals surface area (Å²) >= 11 is 0. The van der Waals surface area contributed by atoms with Gasteiger partial charge in [-0.3, -0.25) is 0 Å². The topological polar surface area (TPSA) is 80.8 Å². The van der Waals surface area contributed by atoms with Crippen molar-refractivity contribution >= 4 is 19.9 Å². The number of benzene rings is 1. The van der Waals surface area contributed by atoms with Crippen LogP contribution in [0.25, 0.3) is 0 Å². The molecule has 6 nitrogen and oxygen atoms in total. The molecule has 1 aromatic carbocycles. The van der Waals surface area contributed by atoms with Crippen LogP contribution >= 0.6 is 0 Å². The molecule has 2 fully saturated rings. The molecule has 8 heteroatoms. The van der Waals surface area contributed by atoms with Gasteiger partial charge in [-0.1, -0.05) is 12.1 Å². The van der Waals surface area contributed by atoms with Crippen molar-refractivity contribution in [3.63, 3.8) is 0 Å². The fraction of sp³-hybridized carbons (Fsp3) is 0.647. The number of sulfone groups is 1. The van der Waals surface area contributed by atoms with E-state index in [1.54, 1.807) is 19.1 Å². The maximum Gasteiger partial charge on any atom is 0.243 e.